The summed E-state index contributed by atoms with van der Waals surface area (Å²) in [4.78, 5) is 26.7. The lowest BCUT2D eigenvalue weighted by molar-refractivity contribution is -0.0470. The van der Waals surface area contributed by atoms with Crippen LogP contribution in [-0.4, -0.2) is 17.0 Å². The number of esters is 1. The molecule has 9 nitrogen and oxygen atoms in total. The van der Waals surface area contributed by atoms with Gasteiger partial charge in [0.25, 0.3) is 0 Å². The first-order chi connectivity index (χ1) is 27.4. The van der Waals surface area contributed by atoms with Gasteiger partial charge in [-0.1, -0.05) is 152 Å². The van der Waals surface area contributed by atoms with E-state index in [1.807, 2.05) is 152 Å². The minimum absolute atomic E-state index is 0.0538. The zero-order valence-electron chi connectivity index (χ0n) is 29.7. The fraction of sp³-hybridized carbons (Fsp3) is 0.0638. The predicted octanol–water partition coefficient (Wildman–Crippen LogP) is 9.53. The Morgan fingerprint density at radius 3 is 1.32 bits per heavy atom. The van der Waals surface area contributed by atoms with Crippen LogP contribution in [-0.2, 0) is 18.2 Å². The molecule has 7 aromatic rings. The van der Waals surface area contributed by atoms with Crippen LogP contribution in [0.5, 0.6) is 34.5 Å². The first-order valence-corrected chi connectivity index (χ1v) is 17.9. The summed E-state index contributed by atoms with van der Waals surface area (Å²) in [5.74, 6) is -4.20. The third kappa shape index (κ3) is 6.11. The van der Waals surface area contributed by atoms with Gasteiger partial charge in [-0.15, -0.1) is 0 Å². The van der Waals surface area contributed by atoms with Crippen molar-refractivity contribution in [3.63, 3.8) is 0 Å². The highest BCUT2D eigenvalue weighted by Crippen LogP contribution is 2.54. The van der Waals surface area contributed by atoms with Gasteiger partial charge in [-0.05, 0) is 29.8 Å². The molecule has 0 unspecified atom stereocenters. The number of carboxylic acid groups (broad SMARTS) is 1. The van der Waals surface area contributed by atoms with E-state index in [2.05, 4.69) is 0 Å². The van der Waals surface area contributed by atoms with Crippen molar-refractivity contribution in [3.8, 4) is 34.5 Å². The normalized spacial score (nSPS) is 14.1. The number of hydrogen-bond acceptors (Lipinski definition) is 8. The summed E-state index contributed by atoms with van der Waals surface area (Å²) in [6.07, 6.45) is 0. The predicted molar refractivity (Wildman–Crippen MR) is 205 cm³/mol. The monoisotopic (exact) mass is 740 g/mol. The maximum absolute atomic E-state index is 14.3. The van der Waals surface area contributed by atoms with Gasteiger partial charge in [-0.2, -0.15) is 0 Å². The number of hydrogen-bond donors (Lipinski definition) is 1. The summed E-state index contributed by atoms with van der Waals surface area (Å²) in [6.45, 7) is 0.166. The molecule has 0 bridgehead atoms. The first-order valence-electron chi connectivity index (χ1n) is 17.9. The molecule has 2 aliphatic rings. The lowest BCUT2D eigenvalue weighted by atomic mass is 9.97. The summed E-state index contributed by atoms with van der Waals surface area (Å²) in [5, 5.41) is 10.1. The van der Waals surface area contributed by atoms with Gasteiger partial charge < -0.3 is 33.5 Å². The van der Waals surface area contributed by atoms with E-state index in [9.17, 15) is 14.7 Å². The largest absolute Gasteiger partial charge is 0.485 e. The Kier molecular flexibility index (Phi) is 8.59. The molecule has 9 rings (SSSR count). The van der Waals surface area contributed by atoms with Crippen LogP contribution < -0.4 is 28.4 Å². The molecule has 0 radical (unpaired) electrons. The highest BCUT2D eigenvalue weighted by atomic mass is 16.7. The molecule has 1 N–H and O–H groups in total. The summed E-state index contributed by atoms with van der Waals surface area (Å²) < 4.78 is 39.0. The highest BCUT2D eigenvalue weighted by Gasteiger charge is 2.49. The van der Waals surface area contributed by atoms with Gasteiger partial charge in [0, 0.05) is 22.3 Å². The maximum Gasteiger partial charge on any atom is 0.343 e. The van der Waals surface area contributed by atoms with E-state index in [4.69, 9.17) is 28.4 Å². The molecule has 0 amide bonds. The van der Waals surface area contributed by atoms with Gasteiger partial charge >= 0.3 is 23.5 Å². The summed E-state index contributed by atoms with van der Waals surface area (Å²) in [6, 6.07) is 52.7. The van der Waals surface area contributed by atoms with Crippen LogP contribution in [0, 0.1) is 0 Å². The fourth-order valence-corrected chi connectivity index (χ4v) is 6.90. The Bertz CT molecular complexity index is 2460. The Morgan fingerprint density at radius 2 is 0.875 bits per heavy atom. The smallest absolute Gasteiger partial charge is 0.343 e. The highest BCUT2D eigenvalue weighted by molar-refractivity contribution is 5.95. The second-order valence-corrected chi connectivity index (χ2v) is 13.2. The van der Waals surface area contributed by atoms with E-state index in [-0.39, 0.29) is 46.5 Å². The third-order valence-corrected chi connectivity index (χ3v) is 9.58. The maximum atomic E-state index is 14.3. The summed E-state index contributed by atoms with van der Waals surface area (Å²) >= 11 is 0. The number of fused-ring (bicyclic) bond motifs is 2. The number of rotatable bonds is 10. The average Bonchev–Trinajstić information content (AvgIpc) is 3.86. The first kappa shape index (κ1) is 34.3. The fourth-order valence-electron chi connectivity index (χ4n) is 6.90. The van der Waals surface area contributed by atoms with Crippen molar-refractivity contribution in [1.29, 1.82) is 0 Å². The van der Waals surface area contributed by atoms with E-state index >= 15 is 0 Å². The van der Waals surface area contributed by atoms with E-state index < -0.39 is 23.5 Å². The van der Waals surface area contributed by atoms with Crippen molar-refractivity contribution in [2.24, 2.45) is 0 Å². The molecule has 7 aromatic carbocycles. The number of ether oxygens (including phenoxy) is 6. The third-order valence-electron chi connectivity index (χ3n) is 9.58. The molecule has 9 heteroatoms. The SMILES string of the molecule is O=C(O)c1cc(OC(=O)c2cc(OCc3ccccc3)c3c(c2)OC(c2ccccc2)(c2ccccc2)O3)c2c(c1)OC(c1ccccc1)(c1ccccc1)O2. The molecule has 0 spiro atoms. The zero-order valence-corrected chi connectivity index (χ0v) is 29.7. The lowest BCUT2D eigenvalue weighted by Gasteiger charge is -2.28. The minimum Gasteiger partial charge on any atom is -0.485 e. The Morgan fingerprint density at radius 1 is 0.482 bits per heavy atom. The molecular weight excluding hydrogens is 709 g/mol. The molecule has 0 atom stereocenters. The molecule has 0 aromatic heterocycles. The number of benzene rings is 7. The minimum atomic E-state index is -1.50. The second kappa shape index (κ2) is 14.0. The topological polar surface area (TPSA) is 110 Å². The standard InChI is InChI=1S/C47H32O9/c48-44(49)32-26-39(43-40(27-32)53-47(56-43,36-22-12-4-13-23-36)37-24-14-5-15-25-37)52-45(50)33-28-38(51-30-31-16-6-1-7-17-31)42-41(29-33)54-46(55-42,34-18-8-2-9-19-34)35-20-10-3-11-21-35/h1-29H,30H2,(H,48,49). The van der Waals surface area contributed by atoms with Gasteiger partial charge in [-0.3, -0.25) is 0 Å². The molecule has 2 heterocycles. The van der Waals surface area contributed by atoms with Crippen molar-refractivity contribution in [2.45, 2.75) is 18.2 Å². The van der Waals surface area contributed by atoms with Gasteiger partial charge in [-0.25, -0.2) is 9.59 Å². The molecule has 0 saturated heterocycles. The lowest BCUT2D eigenvalue weighted by Crippen LogP contribution is -2.36. The molecular formula is C47H32O9. The molecule has 2 aliphatic heterocycles. The van der Waals surface area contributed by atoms with E-state index in [0.29, 0.717) is 16.9 Å². The molecule has 56 heavy (non-hydrogen) atoms. The summed E-state index contributed by atoms with van der Waals surface area (Å²) in [5.41, 5.74) is 3.51. The molecule has 274 valence electrons. The van der Waals surface area contributed by atoms with Crippen LogP contribution >= 0.6 is 0 Å². The van der Waals surface area contributed by atoms with Crippen LogP contribution in [0.2, 0.25) is 0 Å². The van der Waals surface area contributed by atoms with Crippen molar-refractivity contribution >= 4 is 11.9 Å². The van der Waals surface area contributed by atoms with E-state index in [1.165, 1.54) is 24.3 Å². The van der Waals surface area contributed by atoms with Crippen molar-refractivity contribution in [3.05, 3.63) is 215 Å². The van der Waals surface area contributed by atoms with E-state index in [1.54, 1.807) is 0 Å². The van der Waals surface area contributed by atoms with Gasteiger partial charge in [0.15, 0.2) is 23.0 Å². The number of carbonyl (C=O) groups excluding carboxylic acids is 1. The number of carboxylic acids is 1. The van der Waals surface area contributed by atoms with Crippen molar-refractivity contribution < 1.29 is 43.1 Å². The Balaban J connectivity index is 1.12. The second-order valence-electron chi connectivity index (χ2n) is 13.2. The van der Waals surface area contributed by atoms with Crippen LogP contribution in [0.3, 0.4) is 0 Å². The van der Waals surface area contributed by atoms with Crippen LogP contribution in [0.4, 0.5) is 0 Å². The molecule has 0 aliphatic carbocycles. The Hall–Kier alpha value is -7.52. The van der Waals surface area contributed by atoms with Gasteiger partial charge in [0.2, 0.25) is 11.5 Å². The molecule has 0 saturated carbocycles. The van der Waals surface area contributed by atoms with Crippen molar-refractivity contribution in [1.82, 2.24) is 0 Å². The van der Waals surface area contributed by atoms with Gasteiger partial charge in [0.05, 0.1) is 11.1 Å². The van der Waals surface area contributed by atoms with Crippen molar-refractivity contribution in [2.75, 3.05) is 0 Å². The van der Waals surface area contributed by atoms with Crippen LogP contribution in [0.15, 0.2) is 176 Å². The van der Waals surface area contributed by atoms with Crippen LogP contribution in [0.25, 0.3) is 0 Å². The zero-order chi connectivity index (χ0) is 38.1. The summed E-state index contributed by atoms with van der Waals surface area (Å²) in [7, 11) is 0. The van der Waals surface area contributed by atoms with E-state index in [0.717, 1.165) is 16.7 Å². The average molecular weight is 741 g/mol. The molecule has 0 fully saturated rings. The van der Waals surface area contributed by atoms with Gasteiger partial charge in [0.1, 0.15) is 6.61 Å². The quantitative estimate of drug-likeness (QED) is 0.108. The Labute approximate surface area is 321 Å². The van der Waals surface area contributed by atoms with Crippen LogP contribution in [0.1, 0.15) is 48.5 Å². The number of carbonyl (C=O) groups is 2. The number of aromatic carboxylic acids is 1.